The maximum absolute atomic E-state index is 13.4. The number of halogens is 1. The van der Waals surface area contributed by atoms with Crippen LogP contribution >= 0.6 is 0 Å². The van der Waals surface area contributed by atoms with Crippen molar-refractivity contribution < 1.29 is 13.9 Å². The molecule has 0 heterocycles. The van der Waals surface area contributed by atoms with Gasteiger partial charge in [-0.25, -0.2) is 4.39 Å². The zero-order chi connectivity index (χ0) is 14.6. The summed E-state index contributed by atoms with van der Waals surface area (Å²) in [6.07, 6.45) is 2.78. The standard InChI is InChI=1S/C15H21FN2O2/c1-18(14(19)15(11-17)7-4-8-15)9-10-20-13-6-3-2-5-12(13)16/h2-3,5-6H,4,7-11,17H2,1H3. The van der Waals surface area contributed by atoms with Crippen molar-refractivity contribution in [1.29, 1.82) is 0 Å². The molecule has 0 atom stereocenters. The van der Waals surface area contributed by atoms with Crippen molar-refractivity contribution in [3.8, 4) is 5.75 Å². The van der Waals surface area contributed by atoms with Crippen molar-refractivity contribution in [3.05, 3.63) is 30.1 Å². The molecule has 4 nitrogen and oxygen atoms in total. The number of carbonyl (C=O) groups excluding carboxylic acids is 1. The number of carbonyl (C=O) groups is 1. The number of amides is 1. The van der Waals surface area contributed by atoms with Crippen LogP contribution in [0.25, 0.3) is 0 Å². The van der Waals surface area contributed by atoms with Crippen LogP contribution in [-0.2, 0) is 4.79 Å². The van der Waals surface area contributed by atoms with Gasteiger partial charge in [-0.05, 0) is 25.0 Å². The molecule has 0 aliphatic heterocycles. The monoisotopic (exact) mass is 280 g/mol. The average Bonchev–Trinajstić information content (AvgIpc) is 2.40. The molecule has 110 valence electrons. The third-order valence-electron chi connectivity index (χ3n) is 4.02. The lowest BCUT2D eigenvalue weighted by Gasteiger charge is -2.41. The van der Waals surface area contributed by atoms with Crippen molar-refractivity contribution >= 4 is 5.91 Å². The fourth-order valence-corrected chi connectivity index (χ4v) is 2.47. The molecule has 1 fully saturated rings. The Bertz CT molecular complexity index is 469. The summed E-state index contributed by atoms with van der Waals surface area (Å²) in [7, 11) is 1.74. The highest BCUT2D eigenvalue weighted by atomic mass is 19.1. The lowest BCUT2D eigenvalue weighted by Crippen LogP contribution is -2.51. The number of hydrogen-bond donors (Lipinski definition) is 1. The molecule has 1 aromatic carbocycles. The Hall–Kier alpha value is -1.62. The second kappa shape index (κ2) is 6.22. The van der Waals surface area contributed by atoms with Gasteiger partial charge in [-0.3, -0.25) is 4.79 Å². The lowest BCUT2D eigenvalue weighted by molar-refractivity contribution is -0.145. The van der Waals surface area contributed by atoms with Gasteiger partial charge < -0.3 is 15.4 Å². The van der Waals surface area contributed by atoms with Gasteiger partial charge >= 0.3 is 0 Å². The first-order chi connectivity index (χ1) is 9.59. The Labute approximate surface area is 118 Å². The fourth-order valence-electron chi connectivity index (χ4n) is 2.47. The van der Waals surface area contributed by atoms with Gasteiger partial charge in [-0.1, -0.05) is 18.6 Å². The molecular weight excluding hydrogens is 259 g/mol. The third-order valence-corrected chi connectivity index (χ3v) is 4.02. The van der Waals surface area contributed by atoms with Gasteiger partial charge in [0, 0.05) is 13.6 Å². The van der Waals surface area contributed by atoms with Gasteiger partial charge in [-0.15, -0.1) is 0 Å². The largest absolute Gasteiger partial charge is 0.489 e. The van der Waals surface area contributed by atoms with Crippen LogP contribution in [0, 0.1) is 11.2 Å². The summed E-state index contributed by atoms with van der Waals surface area (Å²) in [6.45, 7) is 1.09. The molecule has 0 spiro atoms. The fraction of sp³-hybridized carbons (Fsp3) is 0.533. The molecule has 0 unspecified atom stereocenters. The number of nitrogens with zero attached hydrogens (tertiary/aromatic N) is 1. The first-order valence-electron chi connectivity index (χ1n) is 6.92. The lowest BCUT2D eigenvalue weighted by atomic mass is 9.68. The van der Waals surface area contributed by atoms with E-state index in [2.05, 4.69) is 0 Å². The summed E-state index contributed by atoms with van der Waals surface area (Å²) < 4.78 is 18.7. The summed E-state index contributed by atoms with van der Waals surface area (Å²) in [5, 5.41) is 0. The Morgan fingerprint density at radius 2 is 2.15 bits per heavy atom. The maximum Gasteiger partial charge on any atom is 0.229 e. The summed E-state index contributed by atoms with van der Waals surface area (Å²) in [4.78, 5) is 13.9. The van der Waals surface area contributed by atoms with Crippen LogP contribution in [0.4, 0.5) is 4.39 Å². The van der Waals surface area contributed by atoms with Crippen LogP contribution in [0.3, 0.4) is 0 Å². The van der Waals surface area contributed by atoms with Crippen LogP contribution in [0.2, 0.25) is 0 Å². The maximum atomic E-state index is 13.4. The molecule has 1 saturated carbocycles. The molecule has 0 bridgehead atoms. The molecule has 0 radical (unpaired) electrons. The Balaban J connectivity index is 1.82. The van der Waals surface area contributed by atoms with Crippen molar-refractivity contribution in [1.82, 2.24) is 4.90 Å². The van der Waals surface area contributed by atoms with E-state index in [0.717, 1.165) is 19.3 Å². The molecule has 0 aromatic heterocycles. The van der Waals surface area contributed by atoms with Crippen LogP contribution in [0.15, 0.2) is 24.3 Å². The molecule has 1 aliphatic carbocycles. The van der Waals surface area contributed by atoms with Crippen molar-refractivity contribution in [3.63, 3.8) is 0 Å². The van der Waals surface area contributed by atoms with Crippen LogP contribution in [0.1, 0.15) is 19.3 Å². The minimum atomic E-state index is -0.390. The predicted molar refractivity (Wildman–Crippen MR) is 74.9 cm³/mol. The van der Waals surface area contributed by atoms with Gasteiger partial charge in [0.05, 0.1) is 12.0 Å². The highest BCUT2D eigenvalue weighted by molar-refractivity contribution is 5.83. The minimum absolute atomic E-state index is 0.0726. The number of likely N-dealkylation sites (N-methyl/N-ethyl adjacent to an activating group) is 1. The molecule has 1 aliphatic rings. The first kappa shape index (κ1) is 14.8. The van der Waals surface area contributed by atoms with E-state index in [0.29, 0.717) is 13.1 Å². The van der Waals surface area contributed by atoms with Gasteiger partial charge in [0.1, 0.15) is 6.61 Å². The molecule has 1 aromatic rings. The van der Waals surface area contributed by atoms with Crippen molar-refractivity contribution in [2.75, 3.05) is 26.7 Å². The van der Waals surface area contributed by atoms with Crippen LogP contribution in [0.5, 0.6) is 5.75 Å². The summed E-state index contributed by atoms with van der Waals surface area (Å²) in [5.74, 6) is -0.104. The quantitative estimate of drug-likeness (QED) is 0.864. The smallest absolute Gasteiger partial charge is 0.229 e. The SMILES string of the molecule is CN(CCOc1ccccc1F)C(=O)C1(CN)CCC1. The third kappa shape index (κ3) is 2.93. The number of nitrogens with two attached hydrogens (primary N) is 1. The summed E-state index contributed by atoms with van der Waals surface area (Å²) in [5.41, 5.74) is 5.35. The van der Waals surface area contributed by atoms with Gasteiger partial charge in [0.15, 0.2) is 11.6 Å². The Kier molecular flexibility index (Phi) is 4.60. The van der Waals surface area contributed by atoms with E-state index in [-0.39, 0.29) is 29.5 Å². The highest BCUT2D eigenvalue weighted by Crippen LogP contribution is 2.41. The average molecular weight is 280 g/mol. The number of para-hydroxylation sites is 1. The van der Waals surface area contributed by atoms with E-state index in [1.165, 1.54) is 6.07 Å². The normalized spacial score (nSPS) is 16.4. The van der Waals surface area contributed by atoms with Gasteiger partial charge in [-0.2, -0.15) is 0 Å². The van der Waals surface area contributed by atoms with Crippen LogP contribution in [-0.4, -0.2) is 37.6 Å². The Morgan fingerprint density at radius 3 is 2.70 bits per heavy atom. The molecular formula is C15H21FN2O2. The van der Waals surface area contributed by atoms with Crippen molar-refractivity contribution in [2.45, 2.75) is 19.3 Å². The zero-order valence-electron chi connectivity index (χ0n) is 11.8. The van der Waals surface area contributed by atoms with E-state index >= 15 is 0 Å². The predicted octanol–water partition coefficient (Wildman–Crippen LogP) is 1.79. The van der Waals surface area contributed by atoms with Gasteiger partial charge in [0.2, 0.25) is 5.91 Å². The molecule has 5 heteroatoms. The molecule has 20 heavy (non-hydrogen) atoms. The summed E-state index contributed by atoms with van der Waals surface area (Å²) in [6, 6.07) is 6.25. The van der Waals surface area contributed by atoms with Gasteiger partial charge in [0.25, 0.3) is 0 Å². The van der Waals surface area contributed by atoms with Crippen molar-refractivity contribution in [2.24, 2.45) is 11.1 Å². The number of benzene rings is 1. The molecule has 1 amide bonds. The van der Waals surface area contributed by atoms with E-state index in [4.69, 9.17) is 10.5 Å². The second-order valence-corrected chi connectivity index (χ2v) is 5.34. The Morgan fingerprint density at radius 1 is 1.45 bits per heavy atom. The van der Waals surface area contributed by atoms with E-state index < -0.39 is 0 Å². The zero-order valence-corrected chi connectivity index (χ0v) is 11.8. The van der Waals surface area contributed by atoms with Crippen LogP contribution < -0.4 is 10.5 Å². The number of ether oxygens (including phenoxy) is 1. The van der Waals surface area contributed by atoms with E-state index in [9.17, 15) is 9.18 Å². The minimum Gasteiger partial charge on any atom is -0.489 e. The topological polar surface area (TPSA) is 55.6 Å². The number of hydrogen-bond acceptors (Lipinski definition) is 3. The van der Waals surface area contributed by atoms with E-state index in [1.807, 2.05) is 0 Å². The van der Waals surface area contributed by atoms with E-state index in [1.54, 1.807) is 30.1 Å². The summed E-state index contributed by atoms with van der Waals surface area (Å²) >= 11 is 0. The highest BCUT2D eigenvalue weighted by Gasteiger charge is 2.44. The number of rotatable bonds is 6. The second-order valence-electron chi connectivity index (χ2n) is 5.34. The molecule has 0 saturated heterocycles. The molecule has 2 rings (SSSR count). The first-order valence-corrected chi connectivity index (χ1v) is 6.92. The molecule has 2 N–H and O–H groups in total.